The highest BCUT2D eigenvalue weighted by Gasteiger charge is 2.45. The van der Waals surface area contributed by atoms with Crippen LogP contribution in [0.3, 0.4) is 0 Å². The molecule has 0 aliphatic carbocycles. The third-order valence-corrected chi connectivity index (χ3v) is 7.24. The number of hydrogen-bond donors (Lipinski definition) is 2. The molecule has 0 aromatic rings. The maximum absolute atomic E-state index is 12.6. The number of ether oxygens (including phenoxy) is 3. The number of nitrogens with one attached hydrogen (secondary N) is 2. The van der Waals surface area contributed by atoms with Gasteiger partial charge in [0.05, 0.1) is 19.6 Å². The topological polar surface area (TPSA) is 103 Å². The largest absolute Gasteiger partial charge is 0.452 e. The van der Waals surface area contributed by atoms with E-state index >= 15 is 0 Å². The molecule has 2 N–H and O–H groups in total. The van der Waals surface area contributed by atoms with Crippen molar-refractivity contribution in [3.05, 3.63) is 12.2 Å². The smallest absolute Gasteiger partial charge is 0.308 e. The highest BCUT2D eigenvalue weighted by Crippen LogP contribution is 2.34. The molecule has 1 rings (SSSR count). The Morgan fingerprint density at radius 1 is 0.833 bits per heavy atom. The summed E-state index contributed by atoms with van der Waals surface area (Å²) in [5.74, 6) is 3.96. The molecule has 0 saturated carbocycles. The van der Waals surface area contributed by atoms with Gasteiger partial charge in [0.15, 0.2) is 12.4 Å². The SMILES string of the molecule is CCCCCCCCC=CCCCCCCCC(=O)NCC#CCOC(=O)CCNC(=O)C1OC(C)(C)OCC1(C)C. The molecule has 1 aliphatic rings. The van der Waals surface area contributed by atoms with Crippen LogP contribution in [0, 0.1) is 17.3 Å². The number of esters is 1. The van der Waals surface area contributed by atoms with Crippen LogP contribution in [0.2, 0.25) is 0 Å². The lowest BCUT2D eigenvalue weighted by Gasteiger charge is -2.44. The Bertz CT molecular complexity index is 871. The van der Waals surface area contributed by atoms with Crippen LogP contribution in [0.4, 0.5) is 0 Å². The van der Waals surface area contributed by atoms with Crippen LogP contribution in [0.1, 0.15) is 131 Å². The van der Waals surface area contributed by atoms with E-state index in [-0.39, 0.29) is 37.9 Å². The molecule has 0 radical (unpaired) electrons. The molecule has 0 aromatic heterocycles. The first-order valence-electron chi connectivity index (χ1n) is 16.2. The fourth-order valence-electron chi connectivity index (χ4n) is 4.59. The second-order valence-electron chi connectivity index (χ2n) is 12.3. The van der Waals surface area contributed by atoms with E-state index in [1.54, 1.807) is 13.8 Å². The molecule has 240 valence electrons. The zero-order valence-electron chi connectivity index (χ0n) is 27.1. The molecule has 1 fully saturated rings. The number of carbonyl (C=O) groups excluding carboxylic acids is 3. The van der Waals surface area contributed by atoms with Crippen molar-refractivity contribution in [2.45, 2.75) is 143 Å². The number of carbonyl (C=O) groups is 3. The zero-order valence-corrected chi connectivity index (χ0v) is 27.1. The summed E-state index contributed by atoms with van der Waals surface area (Å²) in [6.07, 6.45) is 20.6. The molecule has 8 nitrogen and oxygen atoms in total. The molecule has 2 amide bonds. The van der Waals surface area contributed by atoms with Gasteiger partial charge >= 0.3 is 5.97 Å². The summed E-state index contributed by atoms with van der Waals surface area (Å²) >= 11 is 0. The Morgan fingerprint density at radius 2 is 1.45 bits per heavy atom. The van der Waals surface area contributed by atoms with Crippen LogP contribution in [0.15, 0.2) is 12.2 Å². The van der Waals surface area contributed by atoms with Crippen LogP contribution in [-0.2, 0) is 28.6 Å². The monoisotopic (exact) mass is 590 g/mol. The van der Waals surface area contributed by atoms with Crippen molar-refractivity contribution >= 4 is 17.8 Å². The Kier molecular flexibility index (Phi) is 19.9. The molecule has 1 saturated heterocycles. The van der Waals surface area contributed by atoms with Crippen molar-refractivity contribution in [3.63, 3.8) is 0 Å². The summed E-state index contributed by atoms with van der Waals surface area (Å²) in [6, 6.07) is 0. The maximum Gasteiger partial charge on any atom is 0.308 e. The lowest BCUT2D eigenvalue weighted by atomic mass is 9.85. The third-order valence-electron chi connectivity index (χ3n) is 7.24. The quantitative estimate of drug-likeness (QED) is 0.0697. The van der Waals surface area contributed by atoms with Crippen LogP contribution >= 0.6 is 0 Å². The van der Waals surface area contributed by atoms with Crippen molar-refractivity contribution in [1.29, 1.82) is 0 Å². The number of hydrogen-bond acceptors (Lipinski definition) is 6. The maximum atomic E-state index is 12.6. The van der Waals surface area contributed by atoms with E-state index in [2.05, 4.69) is 41.6 Å². The summed E-state index contributed by atoms with van der Waals surface area (Å²) in [4.78, 5) is 36.5. The number of amides is 2. The minimum atomic E-state index is -0.835. The zero-order chi connectivity index (χ0) is 31.1. The van der Waals surface area contributed by atoms with Gasteiger partial charge in [-0.25, -0.2) is 0 Å². The number of allylic oxidation sites excluding steroid dienone is 2. The first kappa shape index (κ1) is 37.7. The van der Waals surface area contributed by atoms with Crippen molar-refractivity contribution in [3.8, 4) is 11.8 Å². The normalized spacial score (nSPS) is 17.3. The Morgan fingerprint density at radius 3 is 2.12 bits per heavy atom. The van der Waals surface area contributed by atoms with Crippen LogP contribution < -0.4 is 10.6 Å². The summed E-state index contributed by atoms with van der Waals surface area (Å²) in [6.45, 7) is 10.3. The van der Waals surface area contributed by atoms with Gasteiger partial charge in [-0.3, -0.25) is 14.4 Å². The molecular weight excluding hydrogens is 532 g/mol. The lowest BCUT2D eigenvalue weighted by molar-refractivity contribution is -0.304. The predicted molar refractivity (Wildman–Crippen MR) is 168 cm³/mol. The van der Waals surface area contributed by atoms with Crippen LogP contribution in [0.25, 0.3) is 0 Å². The average molecular weight is 591 g/mol. The summed E-state index contributed by atoms with van der Waals surface area (Å²) < 4.78 is 16.5. The van der Waals surface area contributed by atoms with Gasteiger partial charge in [0.25, 0.3) is 0 Å². The van der Waals surface area contributed by atoms with Crippen molar-refractivity contribution in [2.75, 3.05) is 26.3 Å². The molecule has 0 bridgehead atoms. The fraction of sp³-hybridized carbons (Fsp3) is 0.794. The standard InChI is InChI=1S/C34H58N2O6/c1-6-7-8-9-10-11-12-13-14-15-16-17-18-19-20-23-29(37)35-25-21-22-27-40-30(38)24-26-36-32(39)31-33(2,3)28-41-34(4,5)42-31/h13-14,31H,6-12,15-20,23-28H2,1-5H3,(H,35,37)(H,36,39). The second-order valence-corrected chi connectivity index (χ2v) is 12.3. The number of unbranched alkanes of at least 4 members (excludes halogenated alkanes) is 11. The molecular formula is C34H58N2O6. The van der Waals surface area contributed by atoms with Gasteiger partial charge in [-0.15, -0.1) is 0 Å². The van der Waals surface area contributed by atoms with Gasteiger partial charge < -0.3 is 24.8 Å². The summed E-state index contributed by atoms with van der Waals surface area (Å²) in [5, 5.41) is 5.52. The molecule has 42 heavy (non-hydrogen) atoms. The molecule has 1 heterocycles. The van der Waals surface area contributed by atoms with E-state index in [1.807, 2.05) is 13.8 Å². The molecule has 1 atom stereocenters. The van der Waals surface area contributed by atoms with Gasteiger partial charge in [-0.05, 0) is 46.0 Å². The molecule has 0 spiro atoms. The van der Waals surface area contributed by atoms with E-state index in [9.17, 15) is 14.4 Å². The van der Waals surface area contributed by atoms with Gasteiger partial charge in [0.2, 0.25) is 11.8 Å². The first-order chi connectivity index (χ1) is 20.1. The van der Waals surface area contributed by atoms with Crippen LogP contribution in [-0.4, -0.2) is 56.0 Å². The summed E-state index contributed by atoms with van der Waals surface area (Å²) in [7, 11) is 0. The van der Waals surface area contributed by atoms with E-state index in [1.165, 1.54) is 57.8 Å². The van der Waals surface area contributed by atoms with E-state index in [0.717, 1.165) is 25.7 Å². The Hall–Kier alpha value is -2.37. The van der Waals surface area contributed by atoms with Crippen molar-refractivity contribution in [2.24, 2.45) is 5.41 Å². The van der Waals surface area contributed by atoms with Gasteiger partial charge in [-0.2, -0.15) is 0 Å². The minimum Gasteiger partial charge on any atom is -0.452 e. The molecule has 0 aromatic carbocycles. The minimum absolute atomic E-state index is 0.00487. The lowest BCUT2D eigenvalue weighted by Crippen LogP contribution is -2.56. The Balaban J connectivity index is 1.98. The molecule has 1 aliphatic heterocycles. The third kappa shape index (κ3) is 18.9. The van der Waals surface area contributed by atoms with Crippen LogP contribution in [0.5, 0.6) is 0 Å². The van der Waals surface area contributed by atoms with Gasteiger partial charge in [0, 0.05) is 18.4 Å². The van der Waals surface area contributed by atoms with Crippen molar-refractivity contribution < 1.29 is 28.6 Å². The predicted octanol–water partition coefficient (Wildman–Crippen LogP) is 6.37. The van der Waals surface area contributed by atoms with Gasteiger partial charge in [-0.1, -0.05) is 96.1 Å². The molecule has 8 heteroatoms. The second kappa shape index (κ2) is 22.2. The number of rotatable bonds is 21. The Labute approximate surface area is 255 Å². The van der Waals surface area contributed by atoms with Gasteiger partial charge in [0.1, 0.15) is 6.10 Å². The highest BCUT2D eigenvalue weighted by atomic mass is 16.7. The van der Waals surface area contributed by atoms with Crippen molar-refractivity contribution in [1.82, 2.24) is 10.6 Å². The highest BCUT2D eigenvalue weighted by molar-refractivity contribution is 5.82. The van der Waals surface area contributed by atoms with E-state index in [4.69, 9.17) is 14.2 Å². The average Bonchev–Trinajstić information content (AvgIpc) is 2.94. The molecule has 1 unspecified atom stereocenters. The summed E-state index contributed by atoms with van der Waals surface area (Å²) in [5.41, 5.74) is -0.477. The fourth-order valence-corrected chi connectivity index (χ4v) is 4.59. The van der Waals surface area contributed by atoms with E-state index < -0.39 is 23.3 Å². The van der Waals surface area contributed by atoms with E-state index in [0.29, 0.717) is 13.0 Å². The first-order valence-corrected chi connectivity index (χ1v) is 16.2.